The van der Waals surface area contributed by atoms with Gasteiger partial charge in [-0.1, -0.05) is 33.6 Å². The van der Waals surface area contributed by atoms with Crippen molar-refractivity contribution in [1.82, 2.24) is 0 Å². The first-order valence-corrected chi connectivity index (χ1v) is 6.42. The molecule has 1 rings (SSSR count). The van der Waals surface area contributed by atoms with Crippen molar-refractivity contribution in [2.75, 3.05) is 0 Å². The molecule has 0 amide bonds. The Labute approximate surface area is 87.5 Å². The molecule has 84 valence electrons. The summed E-state index contributed by atoms with van der Waals surface area (Å²) in [6.45, 7) is 6.57. The lowest BCUT2D eigenvalue weighted by atomic mass is 9.71. The van der Waals surface area contributed by atoms with Crippen molar-refractivity contribution in [3.8, 4) is 0 Å². The zero-order chi connectivity index (χ0) is 10.8. The average molecular weight is 220 g/mol. The second kappa shape index (κ2) is 4.89. The second-order valence-corrected chi connectivity index (χ2v) is 5.87. The van der Waals surface area contributed by atoms with E-state index in [9.17, 15) is 0 Å². The van der Waals surface area contributed by atoms with Gasteiger partial charge in [0.15, 0.2) is 0 Å². The van der Waals surface area contributed by atoms with Gasteiger partial charge in [-0.2, -0.15) is 0 Å². The molecule has 0 aromatic rings. The van der Waals surface area contributed by atoms with Crippen molar-refractivity contribution >= 4 is 8.60 Å². The van der Waals surface area contributed by atoms with E-state index >= 15 is 0 Å². The molecule has 0 aromatic heterocycles. The van der Waals surface area contributed by atoms with E-state index in [0.29, 0.717) is 5.92 Å². The molecule has 2 atom stereocenters. The van der Waals surface area contributed by atoms with Gasteiger partial charge in [-0.3, -0.25) is 0 Å². The van der Waals surface area contributed by atoms with Gasteiger partial charge in [0.1, 0.15) is 0 Å². The maximum absolute atomic E-state index is 8.89. The van der Waals surface area contributed by atoms with Crippen LogP contribution in [0.3, 0.4) is 0 Å². The third-order valence-electron chi connectivity index (χ3n) is 3.04. The Bertz CT molecular complexity index is 177. The molecule has 4 heteroatoms. The lowest BCUT2D eigenvalue weighted by molar-refractivity contribution is 0.0207. The van der Waals surface area contributed by atoms with Gasteiger partial charge in [0.05, 0.1) is 6.10 Å². The van der Waals surface area contributed by atoms with E-state index in [0.717, 1.165) is 19.3 Å². The first-order valence-electron chi connectivity index (χ1n) is 5.26. The van der Waals surface area contributed by atoms with Gasteiger partial charge < -0.3 is 14.3 Å². The van der Waals surface area contributed by atoms with Crippen LogP contribution in [0.15, 0.2) is 0 Å². The normalized spacial score (nSPS) is 29.6. The van der Waals surface area contributed by atoms with Gasteiger partial charge in [0, 0.05) is 0 Å². The number of hydrogen-bond donors (Lipinski definition) is 2. The Morgan fingerprint density at radius 1 is 1.14 bits per heavy atom. The molecule has 0 heterocycles. The fourth-order valence-electron chi connectivity index (χ4n) is 2.33. The summed E-state index contributed by atoms with van der Waals surface area (Å²) in [7, 11) is -2.20. The Kier molecular flexibility index (Phi) is 4.32. The molecule has 0 bridgehead atoms. The topological polar surface area (TPSA) is 49.7 Å². The molecule has 0 aromatic carbocycles. The maximum Gasteiger partial charge on any atom is 0.327 e. The highest BCUT2D eigenvalue weighted by molar-refractivity contribution is 7.39. The third kappa shape index (κ3) is 3.47. The lowest BCUT2D eigenvalue weighted by Gasteiger charge is -2.39. The Morgan fingerprint density at radius 3 is 2.21 bits per heavy atom. The highest BCUT2D eigenvalue weighted by atomic mass is 31.2. The molecule has 2 N–H and O–H groups in total. The van der Waals surface area contributed by atoms with Crippen molar-refractivity contribution in [3.05, 3.63) is 0 Å². The summed E-state index contributed by atoms with van der Waals surface area (Å²) < 4.78 is 5.21. The number of rotatable bonds is 2. The summed E-state index contributed by atoms with van der Waals surface area (Å²) in [4.78, 5) is 17.8. The zero-order valence-electron chi connectivity index (χ0n) is 9.23. The molecule has 2 unspecified atom stereocenters. The zero-order valence-corrected chi connectivity index (χ0v) is 10.1. The van der Waals surface area contributed by atoms with Gasteiger partial charge in [-0.25, -0.2) is 0 Å². The van der Waals surface area contributed by atoms with Gasteiger partial charge in [0.25, 0.3) is 0 Å². The summed E-state index contributed by atoms with van der Waals surface area (Å²) in [5.74, 6) is 0.445. The first kappa shape index (κ1) is 12.4. The van der Waals surface area contributed by atoms with Crippen LogP contribution >= 0.6 is 8.60 Å². The third-order valence-corrected chi connectivity index (χ3v) is 3.50. The molecule has 14 heavy (non-hydrogen) atoms. The van der Waals surface area contributed by atoms with Crippen molar-refractivity contribution in [3.63, 3.8) is 0 Å². The minimum absolute atomic E-state index is 0.0323. The summed E-state index contributed by atoms with van der Waals surface area (Å²) in [6.07, 6.45) is 4.50. The average Bonchev–Trinajstić information content (AvgIpc) is 2.01. The van der Waals surface area contributed by atoms with E-state index < -0.39 is 8.60 Å². The highest BCUT2D eigenvalue weighted by Crippen LogP contribution is 2.43. The maximum atomic E-state index is 8.89. The van der Waals surface area contributed by atoms with Crippen molar-refractivity contribution < 1.29 is 14.3 Å². The van der Waals surface area contributed by atoms with Crippen LogP contribution in [0.2, 0.25) is 0 Å². The minimum Gasteiger partial charge on any atom is -0.328 e. The smallest absolute Gasteiger partial charge is 0.327 e. The summed E-state index contributed by atoms with van der Waals surface area (Å²) in [5.41, 5.74) is 0.191. The fraction of sp³-hybridized carbons (Fsp3) is 1.00. The predicted molar refractivity (Wildman–Crippen MR) is 57.6 cm³/mol. The van der Waals surface area contributed by atoms with E-state index in [2.05, 4.69) is 20.8 Å². The summed E-state index contributed by atoms with van der Waals surface area (Å²) in [5, 5.41) is 0. The van der Waals surface area contributed by atoms with Crippen LogP contribution in [0, 0.1) is 11.3 Å². The van der Waals surface area contributed by atoms with Crippen LogP contribution in [-0.2, 0) is 4.52 Å². The Morgan fingerprint density at radius 2 is 1.71 bits per heavy atom. The van der Waals surface area contributed by atoms with Crippen molar-refractivity contribution in [1.29, 1.82) is 0 Å². The molecular weight excluding hydrogens is 199 g/mol. The van der Waals surface area contributed by atoms with E-state index in [1.807, 2.05) is 0 Å². The quantitative estimate of drug-likeness (QED) is 0.703. The van der Waals surface area contributed by atoms with Crippen LogP contribution in [0.1, 0.15) is 46.5 Å². The largest absolute Gasteiger partial charge is 0.328 e. The van der Waals surface area contributed by atoms with Gasteiger partial charge in [-0.15, -0.1) is 0 Å². The first-order chi connectivity index (χ1) is 6.41. The predicted octanol–water partition coefficient (Wildman–Crippen LogP) is 2.82. The molecule has 0 spiro atoms. The van der Waals surface area contributed by atoms with Crippen LogP contribution in [-0.4, -0.2) is 15.9 Å². The van der Waals surface area contributed by atoms with Gasteiger partial charge in [0.2, 0.25) is 0 Å². The molecule has 1 fully saturated rings. The van der Waals surface area contributed by atoms with E-state index in [1.165, 1.54) is 6.42 Å². The van der Waals surface area contributed by atoms with Crippen molar-refractivity contribution in [2.24, 2.45) is 11.3 Å². The Hall–Kier alpha value is 0.310. The van der Waals surface area contributed by atoms with Crippen LogP contribution in [0.4, 0.5) is 0 Å². The fourth-order valence-corrected chi connectivity index (χ4v) is 2.83. The molecule has 0 radical (unpaired) electrons. The molecule has 0 saturated heterocycles. The van der Waals surface area contributed by atoms with E-state index in [1.54, 1.807) is 0 Å². The molecule has 1 aliphatic rings. The summed E-state index contributed by atoms with van der Waals surface area (Å²) >= 11 is 0. The van der Waals surface area contributed by atoms with Gasteiger partial charge >= 0.3 is 8.60 Å². The highest BCUT2D eigenvalue weighted by Gasteiger charge is 2.35. The molecule has 1 aliphatic carbocycles. The number of hydrogen-bond acceptors (Lipinski definition) is 3. The van der Waals surface area contributed by atoms with Crippen molar-refractivity contribution in [2.45, 2.75) is 52.6 Å². The molecule has 0 aliphatic heterocycles. The Balaban J connectivity index is 2.59. The van der Waals surface area contributed by atoms with Crippen LogP contribution in [0.5, 0.6) is 0 Å². The summed E-state index contributed by atoms with van der Waals surface area (Å²) in [6, 6.07) is 0. The monoisotopic (exact) mass is 220 g/mol. The molecule has 3 nitrogen and oxygen atoms in total. The molecular formula is C10H21O3P. The standard InChI is InChI=1S/C10H21O3P/c1-10(2,3)8-6-4-5-7-9(8)13-14(11)12/h8-9,11-12H,4-7H2,1-3H3. The second-order valence-electron chi connectivity index (χ2n) is 5.15. The SMILES string of the molecule is CC(C)(C)C1CCCCC1OP(O)O. The lowest BCUT2D eigenvalue weighted by Crippen LogP contribution is -2.35. The van der Waals surface area contributed by atoms with Gasteiger partial charge in [-0.05, 0) is 24.2 Å². The van der Waals surface area contributed by atoms with Crippen LogP contribution < -0.4 is 0 Å². The minimum atomic E-state index is -2.20. The van der Waals surface area contributed by atoms with E-state index in [4.69, 9.17) is 14.3 Å². The van der Waals surface area contributed by atoms with E-state index in [-0.39, 0.29) is 11.5 Å². The van der Waals surface area contributed by atoms with Crippen LogP contribution in [0.25, 0.3) is 0 Å². The molecule has 1 saturated carbocycles.